The first kappa shape index (κ1) is 10.2. The van der Waals surface area contributed by atoms with E-state index in [1.807, 2.05) is 0 Å². The molecule has 0 aromatic carbocycles. The van der Waals surface area contributed by atoms with Gasteiger partial charge in [-0.15, -0.1) is 0 Å². The number of aromatic amines is 2. The Bertz CT molecular complexity index is 773. The van der Waals surface area contributed by atoms with Crippen LogP contribution in [0.1, 0.15) is 27.7 Å². The minimum Gasteiger partial charge on any atom is -0.364 e. The number of fused-ring (bicyclic) bond motifs is 2. The van der Waals surface area contributed by atoms with Gasteiger partial charge in [-0.25, -0.2) is 15.0 Å². The lowest BCUT2D eigenvalue weighted by atomic mass is 9.93. The molecule has 1 amide bonds. The van der Waals surface area contributed by atoms with Crippen molar-refractivity contribution in [2.45, 2.75) is 5.92 Å². The maximum atomic E-state index is 11.8. The number of hydrogen-bond acceptors (Lipinski definition) is 4. The number of aromatic nitrogens is 5. The molecule has 1 aliphatic heterocycles. The highest BCUT2D eigenvalue weighted by molar-refractivity contribution is 5.97. The van der Waals surface area contributed by atoms with E-state index in [1.165, 1.54) is 6.33 Å². The van der Waals surface area contributed by atoms with Crippen molar-refractivity contribution >= 4 is 17.1 Å². The molecule has 3 aromatic heterocycles. The number of imidazole rings is 1. The van der Waals surface area contributed by atoms with E-state index in [4.69, 9.17) is 0 Å². The molecule has 0 bridgehead atoms. The van der Waals surface area contributed by atoms with Gasteiger partial charge < -0.3 is 15.3 Å². The van der Waals surface area contributed by atoms with Gasteiger partial charge in [0.05, 0.1) is 23.5 Å². The second-order valence-electron chi connectivity index (χ2n) is 4.43. The summed E-state index contributed by atoms with van der Waals surface area (Å²) in [6.45, 7) is 0.511. The molecule has 7 nitrogen and oxygen atoms in total. The number of carbonyl (C=O) groups is 1. The molecule has 1 aliphatic rings. The largest absolute Gasteiger partial charge is 0.364 e. The molecule has 3 N–H and O–H groups in total. The Morgan fingerprint density at radius 2 is 2.16 bits per heavy atom. The molecule has 0 fully saturated rings. The fraction of sp³-hybridized carbons (Fsp3) is 0.167. The predicted octanol–water partition coefficient (Wildman–Crippen LogP) is 0.556. The van der Waals surface area contributed by atoms with Crippen LogP contribution in [0.3, 0.4) is 0 Å². The van der Waals surface area contributed by atoms with Crippen molar-refractivity contribution < 1.29 is 4.79 Å². The normalized spacial score (nSPS) is 18.3. The van der Waals surface area contributed by atoms with Crippen molar-refractivity contribution in [2.75, 3.05) is 6.54 Å². The van der Waals surface area contributed by atoms with Crippen molar-refractivity contribution in [1.82, 2.24) is 30.2 Å². The monoisotopic (exact) mass is 254 g/mol. The summed E-state index contributed by atoms with van der Waals surface area (Å²) < 4.78 is 0. The number of nitrogens with one attached hydrogen (secondary N) is 3. The quantitative estimate of drug-likeness (QED) is 0.590. The summed E-state index contributed by atoms with van der Waals surface area (Å²) in [6, 6.07) is 1.78. The Morgan fingerprint density at radius 3 is 3.11 bits per heavy atom. The van der Waals surface area contributed by atoms with E-state index in [-0.39, 0.29) is 11.8 Å². The second kappa shape index (κ2) is 3.64. The van der Waals surface area contributed by atoms with Gasteiger partial charge in [-0.2, -0.15) is 0 Å². The molecule has 1 atom stereocenters. The van der Waals surface area contributed by atoms with Gasteiger partial charge in [0.25, 0.3) is 5.91 Å². The third kappa shape index (κ3) is 1.38. The van der Waals surface area contributed by atoms with Gasteiger partial charge in [-0.3, -0.25) is 4.79 Å². The Morgan fingerprint density at radius 1 is 1.21 bits per heavy atom. The van der Waals surface area contributed by atoms with Crippen LogP contribution in [-0.2, 0) is 0 Å². The molecule has 0 aliphatic carbocycles. The molecule has 0 saturated carbocycles. The second-order valence-corrected chi connectivity index (χ2v) is 4.43. The number of H-pyrrole nitrogens is 2. The Kier molecular flexibility index (Phi) is 1.96. The zero-order valence-corrected chi connectivity index (χ0v) is 9.84. The first-order chi connectivity index (χ1) is 9.34. The zero-order valence-electron chi connectivity index (χ0n) is 9.84. The Hall–Kier alpha value is -2.70. The fourth-order valence-electron chi connectivity index (χ4n) is 2.54. The number of carbonyl (C=O) groups excluding carboxylic acids is 1. The van der Waals surface area contributed by atoms with E-state index in [0.717, 1.165) is 16.9 Å². The van der Waals surface area contributed by atoms with E-state index < -0.39 is 0 Å². The highest BCUT2D eigenvalue weighted by Gasteiger charge is 2.30. The summed E-state index contributed by atoms with van der Waals surface area (Å²) >= 11 is 0. The maximum Gasteiger partial charge on any atom is 0.253 e. The summed E-state index contributed by atoms with van der Waals surface area (Å²) in [6.07, 6.45) is 4.87. The van der Waals surface area contributed by atoms with E-state index >= 15 is 0 Å². The van der Waals surface area contributed by atoms with Gasteiger partial charge in [-0.05, 0) is 6.07 Å². The van der Waals surface area contributed by atoms with Gasteiger partial charge >= 0.3 is 0 Å². The lowest BCUT2D eigenvalue weighted by Gasteiger charge is -2.22. The third-order valence-electron chi connectivity index (χ3n) is 3.42. The maximum absolute atomic E-state index is 11.8. The topological polar surface area (TPSA) is 99.3 Å². The van der Waals surface area contributed by atoms with Gasteiger partial charge in [-0.1, -0.05) is 0 Å². The highest BCUT2D eigenvalue weighted by atomic mass is 16.1. The molecule has 7 heteroatoms. The molecule has 0 saturated heterocycles. The molecular formula is C12H10N6O. The molecule has 4 heterocycles. The molecule has 1 unspecified atom stereocenters. The smallest absolute Gasteiger partial charge is 0.253 e. The van der Waals surface area contributed by atoms with Gasteiger partial charge in [0.15, 0.2) is 5.65 Å². The van der Waals surface area contributed by atoms with Gasteiger partial charge in [0, 0.05) is 18.4 Å². The standard InChI is InChI=1S/C12H10N6O/c19-12-6-1-2-13-8(6)7(3-14-12)9-10-11(17-4-15-9)18-5-16-10/h1-2,4-5,7,13H,3H2,(H,14,19)(H,15,16,17,18). The molecule has 3 aromatic rings. The molecule has 0 spiro atoms. The fourth-order valence-corrected chi connectivity index (χ4v) is 2.54. The van der Waals surface area contributed by atoms with Crippen LogP contribution in [0.25, 0.3) is 11.2 Å². The zero-order chi connectivity index (χ0) is 12.8. The van der Waals surface area contributed by atoms with Crippen molar-refractivity contribution in [1.29, 1.82) is 0 Å². The lowest BCUT2D eigenvalue weighted by Crippen LogP contribution is -2.35. The molecule has 4 rings (SSSR count). The highest BCUT2D eigenvalue weighted by Crippen LogP contribution is 2.30. The number of hydrogen-bond donors (Lipinski definition) is 3. The number of nitrogens with zero attached hydrogens (tertiary/aromatic N) is 3. The molecule has 94 valence electrons. The van der Waals surface area contributed by atoms with Crippen LogP contribution in [0.2, 0.25) is 0 Å². The van der Waals surface area contributed by atoms with Crippen LogP contribution in [0.4, 0.5) is 0 Å². The first-order valence-corrected chi connectivity index (χ1v) is 5.94. The predicted molar refractivity (Wildman–Crippen MR) is 66.7 cm³/mol. The van der Waals surface area contributed by atoms with E-state index in [9.17, 15) is 4.79 Å². The number of rotatable bonds is 1. The van der Waals surface area contributed by atoms with Crippen LogP contribution in [-0.4, -0.2) is 37.4 Å². The van der Waals surface area contributed by atoms with Crippen molar-refractivity contribution in [2.24, 2.45) is 0 Å². The molecule has 19 heavy (non-hydrogen) atoms. The van der Waals surface area contributed by atoms with Crippen LogP contribution >= 0.6 is 0 Å². The Balaban J connectivity index is 1.93. The van der Waals surface area contributed by atoms with Crippen LogP contribution < -0.4 is 5.32 Å². The van der Waals surface area contributed by atoms with E-state index in [2.05, 4.69) is 30.2 Å². The molecular weight excluding hydrogens is 244 g/mol. The minimum atomic E-state index is -0.0533. The number of amides is 1. The minimum absolute atomic E-state index is 0.0198. The Labute approximate surface area is 107 Å². The summed E-state index contributed by atoms with van der Waals surface area (Å²) in [5.41, 5.74) is 3.84. The summed E-state index contributed by atoms with van der Waals surface area (Å²) in [4.78, 5) is 30.5. The van der Waals surface area contributed by atoms with Crippen LogP contribution in [0.5, 0.6) is 0 Å². The van der Waals surface area contributed by atoms with Gasteiger partial charge in [0.2, 0.25) is 0 Å². The lowest BCUT2D eigenvalue weighted by molar-refractivity contribution is 0.0942. The van der Waals surface area contributed by atoms with Crippen LogP contribution in [0, 0.1) is 0 Å². The average Bonchev–Trinajstić information content (AvgIpc) is 3.08. The van der Waals surface area contributed by atoms with Crippen molar-refractivity contribution in [3.8, 4) is 0 Å². The van der Waals surface area contributed by atoms with Crippen molar-refractivity contribution in [3.63, 3.8) is 0 Å². The van der Waals surface area contributed by atoms with E-state index in [0.29, 0.717) is 17.8 Å². The van der Waals surface area contributed by atoms with E-state index in [1.54, 1.807) is 18.6 Å². The summed E-state index contributed by atoms with van der Waals surface area (Å²) in [7, 11) is 0. The summed E-state index contributed by atoms with van der Waals surface area (Å²) in [5.74, 6) is -0.0731. The van der Waals surface area contributed by atoms with Crippen LogP contribution in [0.15, 0.2) is 24.9 Å². The molecule has 0 radical (unpaired) electrons. The summed E-state index contributed by atoms with van der Waals surface area (Å²) in [5, 5.41) is 2.88. The average molecular weight is 254 g/mol. The first-order valence-electron chi connectivity index (χ1n) is 5.94. The third-order valence-corrected chi connectivity index (χ3v) is 3.42. The van der Waals surface area contributed by atoms with Gasteiger partial charge in [0.1, 0.15) is 11.8 Å². The van der Waals surface area contributed by atoms with Crippen molar-refractivity contribution in [3.05, 3.63) is 41.9 Å². The SMILES string of the molecule is O=C1NCC(c2ncnc3nc[nH]c23)c2[nH]ccc21.